The van der Waals surface area contributed by atoms with Crippen LogP contribution >= 0.6 is 15.9 Å². The van der Waals surface area contributed by atoms with Crippen LogP contribution in [0.2, 0.25) is 0 Å². The molecule has 0 unspecified atom stereocenters. The van der Waals surface area contributed by atoms with Crippen molar-refractivity contribution in [2.24, 2.45) is 0 Å². The number of benzene rings is 3. The highest BCUT2D eigenvalue weighted by atomic mass is 79.9. The highest BCUT2D eigenvalue weighted by Gasteiger charge is 2.31. The number of halogens is 1. The first-order valence-corrected chi connectivity index (χ1v) is 9.23. The van der Waals surface area contributed by atoms with E-state index in [9.17, 15) is 9.59 Å². The highest BCUT2D eigenvalue weighted by molar-refractivity contribution is 9.10. The summed E-state index contributed by atoms with van der Waals surface area (Å²) in [6.45, 7) is 1.93. The van der Waals surface area contributed by atoms with E-state index >= 15 is 0 Å². The second kappa shape index (κ2) is 6.57. The van der Waals surface area contributed by atoms with Crippen molar-refractivity contribution in [2.45, 2.75) is 13.0 Å². The number of nitrogens with one attached hydrogen (secondary N) is 1. The quantitative estimate of drug-likeness (QED) is 0.693. The van der Waals surface area contributed by atoms with E-state index in [1.165, 1.54) is 0 Å². The average Bonchev–Trinajstić information content (AvgIpc) is 2.90. The lowest BCUT2D eigenvalue weighted by Gasteiger charge is -2.20. The van der Waals surface area contributed by atoms with Gasteiger partial charge in [0.05, 0.1) is 11.7 Å². The maximum Gasteiger partial charge on any atom is 0.259 e. The van der Waals surface area contributed by atoms with Crippen molar-refractivity contribution in [3.63, 3.8) is 0 Å². The van der Waals surface area contributed by atoms with E-state index in [-0.39, 0.29) is 24.4 Å². The van der Waals surface area contributed by atoms with Gasteiger partial charge in [0.15, 0.2) is 0 Å². The zero-order valence-corrected chi connectivity index (χ0v) is 15.8. The fourth-order valence-corrected chi connectivity index (χ4v) is 4.10. The van der Waals surface area contributed by atoms with Gasteiger partial charge in [0.25, 0.3) is 5.91 Å². The third-order valence-corrected chi connectivity index (χ3v) is 5.42. The first kappa shape index (κ1) is 16.8. The van der Waals surface area contributed by atoms with Crippen LogP contribution < -0.4 is 10.2 Å². The van der Waals surface area contributed by atoms with Gasteiger partial charge >= 0.3 is 0 Å². The van der Waals surface area contributed by atoms with Gasteiger partial charge in [-0.15, -0.1) is 0 Å². The molecule has 3 aromatic carbocycles. The maximum absolute atomic E-state index is 12.8. The highest BCUT2D eigenvalue weighted by Crippen LogP contribution is 2.36. The van der Waals surface area contributed by atoms with Gasteiger partial charge in [-0.25, -0.2) is 0 Å². The summed E-state index contributed by atoms with van der Waals surface area (Å²) in [6, 6.07) is 19.1. The van der Waals surface area contributed by atoms with Crippen LogP contribution in [0, 0.1) is 0 Å². The Labute approximate surface area is 159 Å². The molecule has 1 N–H and O–H groups in total. The summed E-state index contributed by atoms with van der Waals surface area (Å²) in [5.74, 6) is -0.313. The number of carbonyl (C=O) groups excluding carboxylic acids is 2. The standard InChI is InChI=1S/C21H17BrN2O2/c1-13(15-8-2-3-10-17(15)22)23-19(25)12-24-18-11-5-7-14-6-4-9-16(20(14)18)21(24)26/h2-11,13H,12H2,1H3,(H,23,25)/t13-/m0/s1. The first-order valence-electron chi connectivity index (χ1n) is 8.43. The van der Waals surface area contributed by atoms with Gasteiger partial charge in [-0.05, 0) is 36.1 Å². The molecule has 0 fully saturated rings. The SMILES string of the molecule is C[C@H](NC(=O)CN1C(=O)c2cccc3cccc1c23)c1ccccc1Br. The third kappa shape index (κ3) is 2.78. The van der Waals surface area contributed by atoms with Crippen LogP contribution in [0.1, 0.15) is 28.9 Å². The predicted molar refractivity (Wildman–Crippen MR) is 106 cm³/mol. The van der Waals surface area contributed by atoms with Crippen molar-refractivity contribution >= 4 is 44.2 Å². The van der Waals surface area contributed by atoms with Gasteiger partial charge in [0.1, 0.15) is 6.54 Å². The van der Waals surface area contributed by atoms with Crippen LogP contribution in [-0.4, -0.2) is 18.4 Å². The first-order chi connectivity index (χ1) is 12.6. The zero-order valence-electron chi connectivity index (χ0n) is 14.2. The zero-order chi connectivity index (χ0) is 18.3. The fourth-order valence-electron chi connectivity index (χ4n) is 3.47. The molecule has 3 aromatic rings. The molecule has 5 heteroatoms. The molecule has 0 bridgehead atoms. The summed E-state index contributed by atoms with van der Waals surface area (Å²) in [7, 11) is 0. The van der Waals surface area contributed by atoms with Crippen molar-refractivity contribution in [3.05, 3.63) is 76.3 Å². The number of carbonyl (C=O) groups is 2. The molecule has 130 valence electrons. The fraction of sp³-hybridized carbons (Fsp3) is 0.143. The molecule has 26 heavy (non-hydrogen) atoms. The van der Waals surface area contributed by atoms with Gasteiger partial charge in [-0.2, -0.15) is 0 Å². The molecule has 4 nitrogen and oxygen atoms in total. The van der Waals surface area contributed by atoms with Gasteiger partial charge in [-0.3, -0.25) is 14.5 Å². The van der Waals surface area contributed by atoms with Crippen molar-refractivity contribution < 1.29 is 9.59 Å². The average molecular weight is 409 g/mol. The molecular formula is C21H17BrN2O2. The lowest BCUT2D eigenvalue weighted by Crippen LogP contribution is -2.39. The van der Waals surface area contributed by atoms with E-state index in [0.717, 1.165) is 26.5 Å². The van der Waals surface area contributed by atoms with Crippen molar-refractivity contribution in [2.75, 3.05) is 11.4 Å². The molecule has 0 aromatic heterocycles. The van der Waals surface area contributed by atoms with E-state index in [4.69, 9.17) is 0 Å². The summed E-state index contributed by atoms with van der Waals surface area (Å²) >= 11 is 3.51. The molecule has 1 aliphatic rings. The second-order valence-electron chi connectivity index (χ2n) is 6.38. The van der Waals surface area contributed by atoms with Crippen molar-refractivity contribution in [1.82, 2.24) is 5.32 Å². The third-order valence-electron chi connectivity index (χ3n) is 4.70. The summed E-state index contributed by atoms with van der Waals surface area (Å²) < 4.78 is 0.947. The minimum atomic E-state index is -0.189. The Hall–Kier alpha value is -2.66. The van der Waals surface area contributed by atoms with Crippen LogP contribution in [0.3, 0.4) is 0 Å². The van der Waals surface area contributed by atoms with Crippen LogP contribution in [0.5, 0.6) is 0 Å². The molecule has 0 spiro atoms. The number of hydrogen-bond donors (Lipinski definition) is 1. The van der Waals surface area contributed by atoms with E-state index < -0.39 is 0 Å². The lowest BCUT2D eigenvalue weighted by molar-refractivity contribution is -0.120. The minimum absolute atomic E-state index is 0.00141. The topological polar surface area (TPSA) is 49.4 Å². The molecule has 1 atom stereocenters. The molecule has 0 saturated heterocycles. The van der Waals surface area contributed by atoms with Crippen molar-refractivity contribution in [3.8, 4) is 0 Å². The van der Waals surface area contributed by atoms with Crippen LogP contribution in [0.4, 0.5) is 5.69 Å². The molecule has 4 rings (SSSR count). The number of anilines is 1. The molecular weight excluding hydrogens is 392 g/mol. The molecule has 0 saturated carbocycles. The Balaban J connectivity index is 1.55. The Morgan fingerprint density at radius 2 is 1.81 bits per heavy atom. The van der Waals surface area contributed by atoms with Crippen LogP contribution in [-0.2, 0) is 4.79 Å². The minimum Gasteiger partial charge on any atom is -0.348 e. The number of amides is 2. The van der Waals surface area contributed by atoms with Gasteiger partial charge in [-0.1, -0.05) is 58.4 Å². The summed E-state index contributed by atoms with van der Waals surface area (Å²) in [5.41, 5.74) is 2.45. The molecule has 1 aliphatic heterocycles. The van der Waals surface area contributed by atoms with Crippen molar-refractivity contribution in [1.29, 1.82) is 0 Å². The van der Waals surface area contributed by atoms with Gasteiger partial charge < -0.3 is 5.32 Å². The largest absolute Gasteiger partial charge is 0.348 e. The predicted octanol–water partition coefficient (Wildman–Crippen LogP) is 4.44. The number of hydrogen-bond acceptors (Lipinski definition) is 2. The normalized spacial score (nSPS) is 13.9. The van der Waals surface area contributed by atoms with Gasteiger partial charge in [0, 0.05) is 15.4 Å². The summed E-state index contributed by atoms with van der Waals surface area (Å²) in [4.78, 5) is 26.9. The van der Waals surface area contributed by atoms with E-state index in [1.54, 1.807) is 4.90 Å². The lowest BCUT2D eigenvalue weighted by atomic mass is 10.1. The van der Waals surface area contributed by atoms with E-state index in [1.807, 2.05) is 67.6 Å². The Morgan fingerprint density at radius 1 is 1.08 bits per heavy atom. The van der Waals surface area contributed by atoms with E-state index in [2.05, 4.69) is 21.2 Å². The smallest absolute Gasteiger partial charge is 0.259 e. The monoisotopic (exact) mass is 408 g/mol. The van der Waals surface area contributed by atoms with E-state index in [0.29, 0.717) is 5.56 Å². The Bertz CT molecular complexity index is 1030. The van der Waals surface area contributed by atoms with Gasteiger partial charge in [0.2, 0.25) is 5.91 Å². The molecule has 0 radical (unpaired) electrons. The Morgan fingerprint density at radius 3 is 2.58 bits per heavy atom. The number of nitrogens with zero attached hydrogens (tertiary/aromatic N) is 1. The Kier molecular flexibility index (Phi) is 4.24. The number of rotatable bonds is 4. The maximum atomic E-state index is 12.8. The van der Waals surface area contributed by atoms with Crippen LogP contribution in [0.15, 0.2) is 65.1 Å². The summed E-state index contributed by atoms with van der Waals surface area (Å²) in [5, 5.41) is 4.92. The molecule has 1 heterocycles. The molecule has 2 amide bonds. The second-order valence-corrected chi connectivity index (χ2v) is 7.24. The summed E-state index contributed by atoms with van der Waals surface area (Å²) in [6.07, 6.45) is 0. The van der Waals surface area contributed by atoms with Crippen LogP contribution in [0.25, 0.3) is 10.8 Å². The molecule has 0 aliphatic carbocycles.